The first-order valence-corrected chi connectivity index (χ1v) is 9.45. The van der Waals surface area contributed by atoms with E-state index in [4.69, 9.17) is 11.6 Å². The summed E-state index contributed by atoms with van der Waals surface area (Å²) in [6, 6.07) is 10.2. The fraction of sp³-hybridized carbons (Fsp3) is 0. The third-order valence-corrected chi connectivity index (χ3v) is 4.61. The van der Waals surface area contributed by atoms with Gasteiger partial charge >= 0.3 is 6.03 Å². The number of carbonyl (C=O) groups excluding carboxylic acids is 2. The summed E-state index contributed by atoms with van der Waals surface area (Å²) in [5.41, 5.74) is 1.84. The molecule has 0 unspecified atom stereocenters. The third-order valence-electron chi connectivity index (χ3n) is 4.37. The van der Waals surface area contributed by atoms with E-state index < -0.39 is 11.9 Å². The lowest BCUT2D eigenvalue weighted by molar-refractivity contribution is -0.115. The minimum absolute atomic E-state index is 0.108. The number of imide groups is 1. The number of halogens is 1. The van der Waals surface area contributed by atoms with Crippen molar-refractivity contribution < 1.29 is 9.59 Å². The Labute approximate surface area is 179 Å². The molecule has 0 saturated carbocycles. The molecule has 4 heterocycles. The normalized spacial score (nSPS) is 14.7. The molecule has 5 rings (SSSR count). The van der Waals surface area contributed by atoms with Crippen molar-refractivity contribution in [2.45, 2.75) is 0 Å². The zero-order chi connectivity index (χ0) is 21.4. The minimum Gasteiger partial charge on any atom is -0.340 e. The molecule has 154 valence electrons. The van der Waals surface area contributed by atoms with Crippen molar-refractivity contribution in [1.29, 1.82) is 0 Å². The standard InChI is InChI=1S/C19H14ClN9O2/c20-11-2-1-3-12(7-11)23-15-8-16(25-14-4-5-21-28-14)29-17(26-15)10(9-22-29)6-13-18(30)27-19(31)24-13/h1-9H,(H,23,26)(H2,21,25,28)(H2,24,27,30,31). The molecule has 1 saturated heterocycles. The van der Waals surface area contributed by atoms with Crippen LogP contribution in [-0.2, 0) is 4.79 Å². The molecule has 5 N–H and O–H groups in total. The molecule has 1 aliphatic rings. The predicted octanol–water partition coefficient (Wildman–Crippen LogP) is 2.77. The summed E-state index contributed by atoms with van der Waals surface area (Å²) < 4.78 is 1.57. The maximum absolute atomic E-state index is 11.9. The quantitative estimate of drug-likeness (QED) is 0.240. The van der Waals surface area contributed by atoms with Crippen LogP contribution in [0.2, 0.25) is 5.02 Å². The van der Waals surface area contributed by atoms with Crippen LogP contribution in [0, 0.1) is 0 Å². The van der Waals surface area contributed by atoms with Gasteiger partial charge in [0.15, 0.2) is 11.5 Å². The molecule has 1 aliphatic heterocycles. The molecule has 0 spiro atoms. The number of anilines is 4. The number of benzene rings is 1. The molecule has 3 amide bonds. The number of H-pyrrole nitrogens is 1. The van der Waals surface area contributed by atoms with Gasteiger partial charge < -0.3 is 16.0 Å². The maximum Gasteiger partial charge on any atom is 0.326 e. The van der Waals surface area contributed by atoms with Crippen LogP contribution in [0.25, 0.3) is 11.7 Å². The lowest BCUT2D eigenvalue weighted by Crippen LogP contribution is -2.22. The van der Waals surface area contributed by atoms with Crippen LogP contribution in [0.1, 0.15) is 5.56 Å². The Kier molecular flexibility index (Phi) is 4.49. The second kappa shape index (κ2) is 7.46. The largest absolute Gasteiger partial charge is 0.340 e. The Morgan fingerprint density at radius 3 is 2.71 bits per heavy atom. The topological polar surface area (TPSA) is 141 Å². The number of aromatic amines is 1. The SMILES string of the molecule is O=C1NC(=O)C(=Cc2cnn3c(Nc4cc[nH]n4)cc(Nc4cccc(Cl)c4)nc23)N1. The van der Waals surface area contributed by atoms with Crippen LogP contribution >= 0.6 is 11.6 Å². The average Bonchev–Trinajstić information content (AvgIpc) is 3.44. The van der Waals surface area contributed by atoms with Gasteiger partial charge in [-0.25, -0.2) is 9.78 Å². The van der Waals surface area contributed by atoms with E-state index in [2.05, 4.69) is 41.5 Å². The molecular formula is C19H14ClN9O2. The van der Waals surface area contributed by atoms with Gasteiger partial charge in [0.05, 0.1) is 6.20 Å². The van der Waals surface area contributed by atoms with E-state index in [1.165, 1.54) is 6.08 Å². The highest BCUT2D eigenvalue weighted by Crippen LogP contribution is 2.26. The van der Waals surface area contributed by atoms with Crippen molar-refractivity contribution in [3.05, 3.63) is 65.1 Å². The average molecular weight is 436 g/mol. The number of hydrogen-bond acceptors (Lipinski definition) is 7. The summed E-state index contributed by atoms with van der Waals surface area (Å²) in [7, 11) is 0. The molecule has 0 radical (unpaired) electrons. The maximum atomic E-state index is 11.9. The molecule has 0 atom stereocenters. The second-order valence-corrected chi connectivity index (χ2v) is 6.98. The summed E-state index contributed by atoms with van der Waals surface area (Å²) in [5.74, 6) is 1.14. The first-order chi connectivity index (χ1) is 15.0. The molecule has 11 nitrogen and oxygen atoms in total. The Morgan fingerprint density at radius 1 is 1.06 bits per heavy atom. The van der Waals surface area contributed by atoms with E-state index in [0.29, 0.717) is 33.7 Å². The van der Waals surface area contributed by atoms with Crippen molar-refractivity contribution in [1.82, 2.24) is 35.4 Å². The van der Waals surface area contributed by atoms with Crippen LogP contribution in [0.15, 0.2) is 54.5 Å². The number of aromatic nitrogens is 5. The van der Waals surface area contributed by atoms with Gasteiger partial charge in [0.2, 0.25) is 0 Å². The van der Waals surface area contributed by atoms with Crippen LogP contribution in [0.4, 0.5) is 27.9 Å². The van der Waals surface area contributed by atoms with Crippen molar-refractivity contribution in [3.8, 4) is 0 Å². The number of rotatable bonds is 5. The van der Waals surface area contributed by atoms with E-state index >= 15 is 0 Å². The van der Waals surface area contributed by atoms with Gasteiger partial charge in [0, 0.05) is 34.6 Å². The highest BCUT2D eigenvalue weighted by atomic mass is 35.5. The van der Waals surface area contributed by atoms with Crippen LogP contribution < -0.4 is 21.3 Å². The lowest BCUT2D eigenvalue weighted by atomic mass is 10.2. The molecule has 0 aliphatic carbocycles. The smallest absolute Gasteiger partial charge is 0.326 e. The predicted molar refractivity (Wildman–Crippen MR) is 114 cm³/mol. The van der Waals surface area contributed by atoms with Crippen molar-refractivity contribution in [2.75, 3.05) is 10.6 Å². The Balaban J connectivity index is 1.60. The van der Waals surface area contributed by atoms with Gasteiger partial charge in [-0.15, -0.1) is 0 Å². The molecule has 1 fully saturated rings. The number of carbonyl (C=O) groups is 2. The van der Waals surface area contributed by atoms with Crippen LogP contribution in [-0.4, -0.2) is 36.7 Å². The van der Waals surface area contributed by atoms with Crippen LogP contribution in [0.5, 0.6) is 0 Å². The highest BCUT2D eigenvalue weighted by Gasteiger charge is 2.23. The fourth-order valence-electron chi connectivity index (χ4n) is 3.05. The molecule has 1 aromatic carbocycles. The zero-order valence-electron chi connectivity index (χ0n) is 15.7. The van der Waals surface area contributed by atoms with Gasteiger partial charge in [-0.2, -0.15) is 14.7 Å². The van der Waals surface area contributed by atoms with Gasteiger partial charge in [0.1, 0.15) is 17.3 Å². The third kappa shape index (κ3) is 3.76. The van der Waals surface area contributed by atoms with Crippen LogP contribution in [0.3, 0.4) is 0 Å². The number of urea groups is 1. The van der Waals surface area contributed by atoms with Gasteiger partial charge in [-0.3, -0.25) is 15.2 Å². The van der Waals surface area contributed by atoms with E-state index in [9.17, 15) is 9.59 Å². The summed E-state index contributed by atoms with van der Waals surface area (Å²) in [4.78, 5) is 27.9. The summed E-state index contributed by atoms with van der Waals surface area (Å²) >= 11 is 6.08. The molecule has 4 aromatic rings. The summed E-state index contributed by atoms with van der Waals surface area (Å²) in [6.07, 6.45) is 4.75. The first kappa shape index (κ1) is 18.6. The number of hydrogen-bond donors (Lipinski definition) is 5. The monoisotopic (exact) mass is 435 g/mol. The molecule has 31 heavy (non-hydrogen) atoms. The molecular weight excluding hydrogens is 422 g/mol. The second-order valence-electron chi connectivity index (χ2n) is 6.55. The van der Waals surface area contributed by atoms with E-state index in [0.717, 1.165) is 5.69 Å². The lowest BCUT2D eigenvalue weighted by Gasteiger charge is -2.11. The van der Waals surface area contributed by atoms with E-state index in [1.807, 2.05) is 12.1 Å². The molecule has 0 bridgehead atoms. The van der Waals surface area contributed by atoms with Crippen molar-refractivity contribution in [3.63, 3.8) is 0 Å². The number of amides is 3. The van der Waals surface area contributed by atoms with Crippen molar-refractivity contribution in [2.24, 2.45) is 0 Å². The van der Waals surface area contributed by atoms with Gasteiger partial charge in [-0.1, -0.05) is 17.7 Å². The van der Waals surface area contributed by atoms with E-state index in [1.54, 1.807) is 41.2 Å². The van der Waals surface area contributed by atoms with E-state index in [-0.39, 0.29) is 5.70 Å². The zero-order valence-corrected chi connectivity index (χ0v) is 16.4. The Hall–Kier alpha value is -4.38. The molecule has 12 heteroatoms. The number of fused-ring (bicyclic) bond motifs is 1. The Bertz CT molecular complexity index is 1340. The number of nitrogens with one attached hydrogen (secondary N) is 5. The first-order valence-electron chi connectivity index (χ1n) is 9.07. The fourth-order valence-corrected chi connectivity index (χ4v) is 3.24. The number of nitrogens with zero attached hydrogens (tertiary/aromatic N) is 4. The molecule has 3 aromatic heterocycles. The van der Waals surface area contributed by atoms with Gasteiger partial charge in [-0.05, 0) is 24.3 Å². The Morgan fingerprint density at radius 2 is 1.97 bits per heavy atom. The summed E-state index contributed by atoms with van der Waals surface area (Å²) in [5, 5.41) is 22.8. The van der Waals surface area contributed by atoms with Crippen molar-refractivity contribution >= 4 is 58.4 Å². The highest BCUT2D eigenvalue weighted by molar-refractivity contribution is 6.30. The van der Waals surface area contributed by atoms with Gasteiger partial charge in [0.25, 0.3) is 5.91 Å². The summed E-state index contributed by atoms with van der Waals surface area (Å²) in [6.45, 7) is 0. The minimum atomic E-state index is -0.579.